The number of amides is 1. The lowest BCUT2D eigenvalue weighted by Crippen LogP contribution is -2.39. The van der Waals surface area contributed by atoms with Crippen LogP contribution in [0.15, 0.2) is 48.2 Å². The van der Waals surface area contributed by atoms with Crippen molar-refractivity contribution in [1.82, 2.24) is 0 Å². The number of carbonyl (C=O) groups excluding carboxylic acids is 1. The van der Waals surface area contributed by atoms with Crippen molar-refractivity contribution in [3.05, 3.63) is 59.4 Å². The molecule has 0 aliphatic carbocycles. The van der Waals surface area contributed by atoms with Gasteiger partial charge < -0.3 is 15.4 Å². The first-order valence-corrected chi connectivity index (χ1v) is 9.36. The second-order valence-electron chi connectivity index (χ2n) is 8.52. The van der Waals surface area contributed by atoms with Gasteiger partial charge in [0.15, 0.2) is 11.5 Å². The number of hydrogen-bond acceptors (Lipinski definition) is 3. The monoisotopic (exact) mass is 364 g/mol. The fourth-order valence-electron chi connectivity index (χ4n) is 3.10. The summed E-state index contributed by atoms with van der Waals surface area (Å²) in [4.78, 5) is 14.8. The number of nitrogen functional groups attached to an aromatic ring is 1. The van der Waals surface area contributed by atoms with Gasteiger partial charge in [-0.15, -0.1) is 0 Å². The number of rotatable bonds is 3. The molecule has 1 aliphatic heterocycles. The molecular weight excluding hydrogens is 336 g/mol. The van der Waals surface area contributed by atoms with Crippen molar-refractivity contribution < 1.29 is 9.53 Å². The molecule has 0 radical (unpaired) electrons. The van der Waals surface area contributed by atoms with Crippen molar-refractivity contribution in [3.8, 4) is 5.75 Å². The Kier molecular flexibility index (Phi) is 5.01. The lowest BCUT2D eigenvalue weighted by Gasteiger charge is -2.32. The molecule has 0 atom stereocenters. The average molecular weight is 364 g/mol. The second kappa shape index (κ2) is 7.10. The maximum atomic E-state index is 13.1. The highest BCUT2D eigenvalue weighted by molar-refractivity contribution is 6.10. The van der Waals surface area contributed by atoms with Crippen LogP contribution in [0.5, 0.6) is 5.75 Å². The number of nitrogens with zero attached hydrogens (tertiary/aromatic N) is 1. The fraction of sp³-hybridized carbons (Fsp3) is 0.348. The van der Waals surface area contributed by atoms with Gasteiger partial charge in [-0.3, -0.25) is 4.79 Å². The molecule has 1 amide bonds. The zero-order valence-electron chi connectivity index (χ0n) is 16.7. The smallest absolute Gasteiger partial charge is 0.294 e. The molecule has 2 N–H and O–H groups in total. The van der Waals surface area contributed by atoms with E-state index in [1.165, 1.54) is 5.56 Å². The van der Waals surface area contributed by atoms with E-state index >= 15 is 0 Å². The molecule has 3 rings (SSSR count). The number of anilines is 2. The Hall–Kier alpha value is -2.75. The van der Waals surface area contributed by atoms with Gasteiger partial charge in [-0.1, -0.05) is 58.9 Å². The molecular formula is C23H28N2O2. The second-order valence-corrected chi connectivity index (χ2v) is 8.52. The van der Waals surface area contributed by atoms with Crippen LogP contribution in [0.4, 0.5) is 11.4 Å². The molecule has 0 bridgehead atoms. The number of hydrogen-bond donors (Lipinski definition) is 1. The lowest BCUT2D eigenvalue weighted by atomic mass is 9.87. The minimum absolute atomic E-state index is 0.0930. The molecule has 4 heteroatoms. The normalized spacial score (nSPS) is 15.9. The van der Waals surface area contributed by atoms with Crippen LogP contribution >= 0.6 is 0 Å². The largest absolute Gasteiger partial charge is 0.449 e. The van der Waals surface area contributed by atoms with Gasteiger partial charge in [-0.05, 0) is 46.7 Å². The zero-order valence-corrected chi connectivity index (χ0v) is 16.7. The van der Waals surface area contributed by atoms with Crippen molar-refractivity contribution in [2.24, 2.45) is 5.92 Å². The first kappa shape index (κ1) is 19.0. The van der Waals surface area contributed by atoms with E-state index in [0.29, 0.717) is 29.7 Å². The van der Waals surface area contributed by atoms with E-state index < -0.39 is 0 Å². The number of ether oxygens (including phenoxy) is 1. The van der Waals surface area contributed by atoms with Crippen LogP contribution in [0.25, 0.3) is 6.08 Å². The minimum atomic E-state index is -0.137. The molecule has 2 aromatic rings. The Labute approximate surface area is 161 Å². The predicted octanol–water partition coefficient (Wildman–Crippen LogP) is 4.99. The first-order chi connectivity index (χ1) is 12.6. The third kappa shape index (κ3) is 4.16. The van der Waals surface area contributed by atoms with Crippen LogP contribution in [0.3, 0.4) is 0 Å². The quantitative estimate of drug-likeness (QED) is 0.617. The summed E-state index contributed by atoms with van der Waals surface area (Å²) in [6.07, 6.45) is 1.81. The molecule has 0 aromatic heterocycles. The highest BCUT2D eigenvalue weighted by Crippen LogP contribution is 2.37. The summed E-state index contributed by atoms with van der Waals surface area (Å²) in [5, 5.41) is 0. The van der Waals surface area contributed by atoms with E-state index in [4.69, 9.17) is 10.5 Å². The van der Waals surface area contributed by atoms with E-state index in [1.54, 1.807) is 23.1 Å². The van der Waals surface area contributed by atoms with E-state index in [2.05, 4.69) is 46.8 Å². The van der Waals surface area contributed by atoms with Crippen LogP contribution in [0.1, 0.15) is 45.7 Å². The van der Waals surface area contributed by atoms with Crippen molar-refractivity contribution in [2.45, 2.75) is 40.0 Å². The average Bonchev–Trinajstić information content (AvgIpc) is 2.58. The number of nitrogens with two attached hydrogens (primary N) is 1. The highest BCUT2D eigenvalue weighted by atomic mass is 16.5. The Balaban J connectivity index is 1.97. The van der Waals surface area contributed by atoms with Gasteiger partial charge in [-0.2, -0.15) is 0 Å². The molecule has 0 saturated carbocycles. The summed E-state index contributed by atoms with van der Waals surface area (Å²) in [6, 6.07) is 13.6. The summed E-state index contributed by atoms with van der Waals surface area (Å²) < 4.78 is 5.93. The van der Waals surface area contributed by atoms with Gasteiger partial charge in [0.05, 0.1) is 5.69 Å². The molecule has 1 heterocycles. The van der Waals surface area contributed by atoms with Crippen LogP contribution in [-0.2, 0) is 10.2 Å². The Morgan fingerprint density at radius 1 is 1.11 bits per heavy atom. The number of fused-ring (bicyclic) bond motifs is 1. The van der Waals surface area contributed by atoms with E-state index in [-0.39, 0.29) is 11.3 Å². The topological polar surface area (TPSA) is 55.6 Å². The fourth-order valence-corrected chi connectivity index (χ4v) is 3.10. The Morgan fingerprint density at radius 2 is 1.78 bits per heavy atom. The van der Waals surface area contributed by atoms with Gasteiger partial charge in [0, 0.05) is 12.2 Å². The molecule has 142 valence electrons. The molecule has 2 aromatic carbocycles. The standard InChI is InChI=1S/C23H28N2O2/c1-15(2)14-25-19-13-18(24)10-11-20(19)27-21(22(25)26)12-16-6-8-17(9-7-16)23(3,4)5/h6-13,15H,14,24H2,1-5H3/b21-12+. The van der Waals surface area contributed by atoms with Crippen molar-refractivity contribution in [3.63, 3.8) is 0 Å². The molecule has 27 heavy (non-hydrogen) atoms. The summed E-state index contributed by atoms with van der Waals surface area (Å²) >= 11 is 0. The molecule has 0 fully saturated rings. The maximum Gasteiger partial charge on any atom is 0.294 e. The first-order valence-electron chi connectivity index (χ1n) is 9.36. The van der Waals surface area contributed by atoms with Gasteiger partial charge in [0.2, 0.25) is 0 Å². The molecule has 4 nitrogen and oxygen atoms in total. The highest BCUT2D eigenvalue weighted by Gasteiger charge is 2.30. The molecule has 1 aliphatic rings. The number of benzene rings is 2. The SMILES string of the molecule is CC(C)CN1C(=O)/C(=C\c2ccc(C(C)(C)C)cc2)Oc2ccc(N)cc21. The van der Waals surface area contributed by atoms with E-state index in [0.717, 1.165) is 11.3 Å². The third-order valence-electron chi connectivity index (χ3n) is 4.57. The molecule has 0 saturated heterocycles. The van der Waals surface area contributed by atoms with Crippen LogP contribution in [0.2, 0.25) is 0 Å². The zero-order chi connectivity index (χ0) is 19.8. The van der Waals surface area contributed by atoms with Crippen LogP contribution in [-0.4, -0.2) is 12.5 Å². The summed E-state index contributed by atoms with van der Waals surface area (Å²) in [7, 11) is 0. The van der Waals surface area contributed by atoms with Crippen LogP contribution in [0, 0.1) is 5.92 Å². The molecule has 0 unspecified atom stereocenters. The third-order valence-corrected chi connectivity index (χ3v) is 4.57. The molecule has 0 spiro atoms. The van der Waals surface area contributed by atoms with Crippen molar-refractivity contribution >= 4 is 23.4 Å². The predicted molar refractivity (Wildman–Crippen MR) is 112 cm³/mol. The van der Waals surface area contributed by atoms with Crippen molar-refractivity contribution in [1.29, 1.82) is 0 Å². The van der Waals surface area contributed by atoms with Gasteiger partial charge in [0.25, 0.3) is 5.91 Å². The maximum absolute atomic E-state index is 13.1. The summed E-state index contributed by atoms with van der Waals surface area (Å²) in [6.45, 7) is 11.3. The van der Waals surface area contributed by atoms with Gasteiger partial charge in [0.1, 0.15) is 0 Å². The van der Waals surface area contributed by atoms with E-state index in [9.17, 15) is 4.79 Å². The van der Waals surface area contributed by atoms with Gasteiger partial charge in [-0.25, -0.2) is 0 Å². The minimum Gasteiger partial charge on any atom is -0.449 e. The lowest BCUT2D eigenvalue weighted by molar-refractivity contribution is -0.117. The van der Waals surface area contributed by atoms with Crippen LogP contribution < -0.4 is 15.4 Å². The Morgan fingerprint density at radius 3 is 2.37 bits per heavy atom. The van der Waals surface area contributed by atoms with Gasteiger partial charge >= 0.3 is 0 Å². The summed E-state index contributed by atoms with van der Waals surface area (Å²) in [5.41, 5.74) is 9.55. The Bertz CT molecular complexity index is 874. The van der Waals surface area contributed by atoms with Crippen molar-refractivity contribution in [2.75, 3.05) is 17.2 Å². The number of carbonyl (C=O) groups is 1. The van der Waals surface area contributed by atoms with E-state index in [1.807, 2.05) is 18.2 Å². The summed E-state index contributed by atoms with van der Waals surface area (Å²) in [5.74, 6) is 1.17.